The van der Waals surface area contributed by atoms with Crippen molar-refractivity contribution in [3.05, 3.63) is 54.1 Å². The van der Waals surface area contributed by atoms with Gasteiger partial charge in [0.15, 0.2) is 0 Å². The maximum atomic E-state index is 5.36. The van der Waals surface area contributed by atoms with Crippen LogP contribution in [0.25, 0.3) is 11.1 Å². The van der Waals surface area contributed by atoms with Crippen molar-refractivity contribution in [1.29, 1.82) is 0 Å². The molecule has 0 unspecified atom stereocenters. The Hall–Kier alpha value is -1.84. The number of hydrogen-bond donors (Lipinski definition) is 1. The molecule has 0 amide bonds. The van der Waals surface area contributed by atoms with Gasteiger partial charge in [-0.3, -0.25) is 4.84 Å². The van der Waals surface area contributed by atoms with Gasteiger partial charge in [0.2, 0.25) is 0 Å². The van der Waals surface area contributed by atoms with E-state index in [1.165, 1.54) is 0 Å². The molecule has 0 fully saturated rings. The third-order valence-corrected chi connectivity index (χ3v) is 2.65. The van der Waals surface area contributed by atoms with Gasteiger partial charge in [0.25, 0.3) is 0 Å². The molecular weight excluding hydrogens is 214 g/mol. The van der Waals surface area contributed by atoms with Crippen molar-refractivity contribution in [1.82, 2.24) is 0 Å². The molecule has 0 radical (unpaired) electrons. The zero-order valence-corrected chi connectivity index (χ0v) is 9.72. The Morgan fingerprint density at radius 1 is 0.941 bits per heavy atom. The molecule has 2 aromatic rings. The Bertz CT molecular complexity index is 497. The second-order valence-corrected chi connectivity index (χ2v) is 3.67. The summed E-state index contributed by atoms with van der Waals surface area (Å²) in [6.45, 7) is 0.383. The zero-order chi connectivity index (χ0) is 12.1. The van der Waals surface area contributed by atoms with Gasteiger partial charge in [-0.1, -0.05) is 42.5 Å². The Labute approximate surface area is 101 Å². The summed E-state index contributed by atoms with van der Waals surface area (Å²) in [6, 6.07) is 15.9. The van der Waals surface area contributed by atoms with Gasteiger partial charge >= 0.3 is 0 Å². The van der Waals surface area contributed by atoms with Crippen LogP contribution in [0.15, 0.2) is 48.5 Å². The third-order valence-electron chi connectivity index (χ3n) is 2.65. The molecule has 2 N–H and O–H groups in total. The van der Waals surface area contributed by atoms with Crippen LogP contribution in [0.3, 0.4) is 0 Å². The van der Waals surface area contributed by atoms with Crippen molar-refractivity contribution in [3.63, 3.8) is 0 Å². The van der Waals surface area contributed by atoms with Crippen molar-refractivity contribution < 1.29 is 9.57 Å². The summed E-state index contributed by atoms with van der Waals surface area (Å²) in [5, 5.41) is 0. The summed E-state index contributed by atoms with van der Waals surface area (Å²) in [4.78, 5) is 4.72. The number of methoxy groups -OCH3 is 1. The van der Waals surface area contributed by atoms with Crippen LogP contribution >= 0.6 is 0 Å². The second-order valence-electron chi connectivity index (χ2n) is 3.67. The van der Waals surface area contributed by atoms with E-state index >= 15 is 0 Å². The van der Waals surface area contributed by atoms with E-state index in [0.717, 1.165) is 22.4 Å². The largest absolute Gasteiger partial charge is 0.496 e. The summed E-state index contributed by atoms with van der Waals surface area (Å²) in [5.74, 6) is 5.99. The van der Waals surface area contributed by atoms with E-state index < -0.39 is 0 Å². The summed E-state index contributed by atoms with van der Waals surface area (Å²) in [5.41, 5.74) is 3.16. The quantitative estimate of drug-likeness (QED) is 0.820. The standard InChI is InChI=1S/C14H15NO2/c1-16-14-9-5-4-8-13(14)12-7-3-2-6-11(12)10-17-15/h2-9H,10,15H2,1H3. The maximum Gasteiger partial charge on any atom is 0.126 e. The van der Waals surface area contributed by atoms with Crippen molar-refractivity contribution >= 4 is 0 Å². The van der Waals surface area contributed by atoms with E-state index in [1.807, 2.05) is 48.5 Å². The number of para-hydroxylation sites is 1. The molecule has 0 saturated carbocycles. The average molecular weight is 229 g/mol. The highest BCUT2D eigenvalue weighted by Gasteiger charge is 2.08. The molecule has 0 spiro atoms. The summed E-state index contributed by atoms with van der Waals surface area (Å²) in [6.07, 6.45) is 0. The monoisotopic (exact) mass is 229 g/mol. The van der Waals surface area contributed by atoms with Gasteiger partial charge in [-0.2, -0.15) is 0 Å². The molecule has 2 rings (SSSR count). The number of ether oxygens (including phenoxy) is 1. The van der Waals surface area contributed by atoms with Crippen LogP contribution in [0.5, 0.6) is 5.75 Å². The fourth-order valence-electron chi connectivity index (χ4n) is 1.87. The molecule has 2 aromatic carbocycles. The van der Waals surface area contributed by atoms with Gasteiger partial charge in [-0.15, -0.1) is 0 Å². The van der Waals surface area contributed by atoms with Crippen LogP contribution in [-0.2, 0) is 11.4 Å². The minimum atomic E-state index is 0.383. The van der Waals surface area contributed by atoms with Crippen molar-refractivity contribution in [2.75, 3.05) is 7.11 Å². The molecule has 0 aliphatic carbocycles. The number of rotatable bonds is 4. The molecule has 0 bridgehead atoms. The predicted molar refractivity (Wildman–Crippen MR) is 67.4 cm³/mol. The third kappa shape index (κ3) is 2.46. The van der Waals surface area contributed by atoms with E-state index in [4.69, 9.17) is 15.5 Å². The van der Waals surface area contributed by atoms with E-state index in [1.54, 1.807) is 7.11 Å². The smallest absolute Gasteiger partial charge is 0.126 e. The molecule has 17 heavy (non-hydrogen) atoms. The highest BCUT2D eigenvalue weighted by atomic mass is 16.6. The molecule has 0 aliphatic rings. The van der Waals surface area contributed by atoms with Crippen LogP contribution in [0.4, 0.5) is 0 Å². The Morgan fingerprint density at radius 3 is 2.29 bits per heavy atom. The van der Waals surface area contributed by atoms with Crippen LogP contribution in [-0.4, -0.2) is 7.11 Å². The lowest BCUT2D eigenvalue weighted by molar-refractivity contribution is 0.124. The Kier molecular flexibility index (Phi) is 3.75. The van der Waals surface area contributed by atoms with E-state index in [0.29, 0.717) is 6.61 Å². The van der Waals surface area contributed by atoms with Crippen LogP contribution < -0.4 is 10.6 Å². The zero-order valence-electron chi connectivity index (χ0n) is 9.72. The predicted octanol–water partition coefficient (Wildman–Crippen LogP) is 2.75. The minimum absolute atomic E-state index is 0.383. The van der Waals surface area contributed by atoms with Gasteiger partial charge in [-0.05, 0) is 17.2 Å². The van der Waals surface area contributed by atoms with Crippen molar-refractivity contribution in [2.45, 2.75) is 6.61 Å². The molecule has 3 nitrogen and oxygen atoms in total. The van der Waals surface area contributed by atoms with Gasteiger partial charge < -0.3 is 4.74 Å². The van der Waals surface area contributed by atoms with Crippen LogP contribution in [0.1, 0.15) is 5.56 Å². The minimum Gasteiger partial charge on any atom is -0.496 e. The first-order valence-electron chi connectivity index (χ1n) is 5.40. The molecular formula is C14H15NO2. The Balaban J connectivity index is 2.52. The van der Waals surface area contributed by atoms with Crippen LogP contribution in [0.2, 0.25) is 0 Å². The van der Waals surface area contributed by atoms with Gasteiger partial charge in [0.1, 0.15) is 5.75 Å². The number of benzene rings is 2. The highest BCUT2D eigenvalue weighted by Crippen LogP contribution is 2.32. The van der Waals surface area contributed by atoms with Crippen LogP contribution in [0, 0.1) is 0 Å². The summed E-state index contributed by atoms with van der Waals surface area (Å²) >= 11 is 0. The maximum absolute atomic E-state index is 5.36. The first-order valence-corrected chi connectivity index (χ1v) is 5.40. The van der Waals surface area contributed by atoms with E-state index in [-0.39, 0.29) is 0 Å². The molecule has 0 aliphatic heterocycles. The molecule has 0 atom stereocenters. The molecule has 3 heteroatoms. The number of nitrogens with two attached hydrogens (primary N) is 1. The Morgan fingerprint density at radius 2 is 1.59 bits per heavy atom. The second kappa shape index (κ2) is 5.48. The molecule has 88 valence electrons. The summed E-state index contributed by atoms with van der Waals surface area (Å²) < 4.78 is 5.36. The van der Waals surface area contributed by atoms with Gasteiger partial charge in [0, 0.05) is 5.56 Å². The average Bonchev–Trinajstić information content (AvgIpc) is 2.40. The topological polar surface area (TPSA) is 44.5 Å². The van der Waals surface area contributed by atoms with Gasteiger partial charge in [-0.25, -0.2) is 5.90 Å². The lowest BCUT2D eigenvalue weighted by atomic mass is 9.99. The first-order chi connectivity index (χ1) is 8.36. The SMILES string of the molecule is COc1ccccc1-c1ccccc1CON. The van der Waals surface area contributed by atoms with Crippen molar-refractivity contribution in [3.8, 4) is 16.9 Å². The van der Waals surface area contributed by atoms with Gasteiger partial charge in [0.05, 0.1) is 13.7 Å². The highest BCUT2D eigenvalue weighted by molar-refractivity contribution is 5.73. The first kappa shape index (κ1) is 11.6. The van der Waals surface area contributed by atoms with Crippen molar-refractivity contribution in [2.24, 2.45) is 5.90 Å². The lowest BCUT2D eigenvalue weighted by Crippen LogP contribution is -2.00. The summed E-state index contributed by atoms with van der Waals surface area (Å²) in [7, 11) is 1.67. The molecule has 0 heterocycles. The molecule has 0 saturated heterocycles. The molecule has 0 aromatic heterocycles. The van der Waals surface area contributed by atoms with E-state index in [2.05, 4.69) is 0 Å². The fourth-order valence-corrected chi connectivity index (χ4v) is 1.87. The number of hydrogen-bond acceptors (Lipinski definition) is 3. The van der Waals surface area contributed by atoms with E-state index in [9.17, 15) is 0 Å². The lowest BCUT2D eigenvalue weighted by Gasteiger charge is -2.12. The fraction of sp³-hybridized carbons (Fsp3) is 0.143. The normalized spacial score (nSPS) is 10.2.